The number of aromatic nitrogens is 2. The zero-order valence-electron chi connectivity index (χ0n) is 8.27. The van der Waals surface area contributed by atoms with Gasteiger partial charge in [0.2, 0.25) is 5.88 Å². The molecule has 0 saturated heterocycles. The number of nitrogens with one attached hydrogen (secondary N) is 1. The molecule has 6 heteroatoms. The largest absolute Gasteiger partial charge is 0.493 e. The number of nitrogens with zero attached hydrogens (tertiary/aromatic N) is 1. The van der Waals surface area contributed by atoms with Crippen molar-refractivity contribution in [3.8, 4) is 11.6 Å². The van der Waals surface area contributed by atoms with Crippen molar-refractivity contribution in [2.45, 2.75) is 6.54 Å². The number of hydrogen-bond acceptors (Lipinski definition) is 3. The van der Waals surface area contributed by atoms with E-state index in [1.165, 1.54) is 4.68 Å². The Labute approximate surface area is 99.6 Å². The lowest BCUT2D eigenvalue weighted by Crippen LogP contribution is -2.10. The van der Waals surface area contributed by atoms with E-state index >= 15 is 0 Å². The summed E-state index contributed by atoms with van der Waals surface area (Å²) in [5.41, 5.74) is 5.83. The van der Waals surface area contributed by atoms with Crippen LogP contribution in [0.15, 0.2) is 33.5 Å². The fraction of sp³-hybridized carbons (Fsp3) is 0.100. The third-order valence-electron chi connectivity index (χ3n) is 2.24. The third-order valence-corrected chi connectivity index (χ3v) is 2.73. The van der Waals surface area contributed by atoms with Gasteiger partial charge in [-0.1, -0.05) is 22.0 Å². The van der Waals surface area contributed by atoms with Gasteiger partial charge >= 0.3 is 0 Å². The van der Waals surface area contributed by atoms with E-state index in [2.05, 4.69) is 21.0 Å². The second-order valence-corrected chi connectivity index (χ2v) is 4.18. The molecule has 4 N–H and O–H groups in total. The third kappa shape index (κ3) is 1.77. The second-order valence-electron chi connectivity index (χ2n) is 3.26. The Hall–Kier alpha value is -1.53. The molecule has 0 aliphatic heterocycles. The average molecular weight is 284 g/mol. The minimum atomic E-state index is -0.375. The van der Waals surface area contributed by atoms with Crippen LogP contribution in [0, 0.1) is 0 Å². The van der Waals surface area contributed by atoms with Crippen LogP contribution in [0.1, 0.15) is 5.56 Å². The Balaban J connectivity index is 2.61. The van der Waals surface area contributed by atoms with Gasteiger partial charge in [-0.15, -0.1) is 0 Å². The van der Waals surface area contributed by atoms with Gasteiger partial charge < -0.3 is 10.8 Å². The van der Waals surface area contributed by atoms with Crippen LogP contribution < -0.4 is 11.3 Å². The summed E-state index contributed by atoms with van der Waals surface area (Å²) in [6, 6.07) is 7.20. The highest BCUT2D eigenvalue weighted by Gasteiger charge is 2.13. The summed E-state index contributed by atoms with van der Waals surface area (Å²) in [5, 5.41) is 12.3. The van der Waals surface area contributed by atoms with Gasteiger partial charge in [0.1, 0.15) is 0 Å². The quantitative estimate of drug-likeness (QED) is 0.772. The molecule has 2 rings (SSSR count). The Bertz CT molecular complexity index is 574. The molecule has 1 aromatic heterocycles. The smallest absolute Gasteiger partial charge is 0.272 e. The van der Waals surface area contributed by atoms with Gasteiger partial charge in [-0.05, 0) is 18.2 Å². The lowest BCUT2D eigenvalue weighted by Gasteiger charge is -2.04. The van der Waals surface area contributed by atoms with Crippen LogP contribution in [0.25, 0.3) is 5.69 Å². The summed E-state index contributed by atoms with van der Waals surface area (Å²) < 4.78 is 2.16. The van der Waals surface area contributed by atoms with Crippen molar-refractivity contribution in [2.24, 2.45) is 5.73 Å². The number of H-pyrrole nitrogens is 1. The van der Waals surface area contributed by atoms with Gasteiger partial charge in [0.15, 0.2) is 0 Å². The van der Waals surface area contributed by atoms with E-state index < -0.39 is 0 Å². The predicted molar refractivity (Wildman–Crippen MR) is 63.6 cm³/mol. The number of aromatic amines is 1. The number of rotatable bonds is 2. The van der Waals surface area contributed by atoms with Crippen molar-refractivity contribution in [3.63, 3.8) is 0 Å². The van der Waals surface area contributed by atoms with E-state index in [0.717, 1.165) is 4.47 Å². The molecule has 0 aliphatic carbocycles. The number of benzene rings is 1. The molecule has 0 bridgehead atoms. The first kappa shape index (κ1) is 11.0. The minimum absolute atomic E-state index is 0.00215. The molecule has 2 aromatic rings. The molecular formula is C10H10BrN3O2. The Kier molecular flexibility index (Phi) is 2.84. The Morgan fingerprint density at radius 3 is 2.81 bits per heavy atom. The molecule has 16 heavy (non-hydrogen) atoms. The predicted octanol–water partition coefficient (Wildman–Crippen LogP) is 1.09. The van der Waals surface area contributed by atoms with Crippen molar-refractivity contribution >= 4 is 15.9 Å². The normalized spacial score (nSPS) is 10.6. The first-order valence-electron chi connectivity index (χ1n) is 4.62. The molecule has 84 valence electrons. The first-order chi connectivity index (χ1) is 7.63. The summed E-state index contributed by atoms with van der Waals surface area (Å²) in [4.78, 5) is 11.4. The number of nitrogens with two attached hydrogens (primary N) is 1. The number of aromatic hydroxyl groups is 1. The van der Waals surface area contributed by atoms with Gasteiger partial charge in [-0.2, -0.15) is 0 Å². The van der Waals surface area contributed by atoms with Gasteiger partial charge in [-0.25, -0.2) is 4.68 Å². The minimum Gasteiger partial charge on any atom is -0.493 e. The van der Waals surface area contributed by atoms with Crippen molar-refractivity contribution in [2.75, 3.05) is 0 Å². The lowest BCUT2D eigenvalue weighted by atomic mass is 10.3. The van der Waals surface area contributed by atoms with E-state index in [1.54, 1.807) is 18.2 Å². The van der Waals surface area contributed by atoms with Crippen molar-refractivity contribution in [1.29, 1.82) is 0 Å². The highest BCUT2D eigenvalue weighted by atomic mass is 79.9. The number of halogens is 1. The van der Waals surface area contributed by atoms with Crippen LogP contribution in [0.2, 0.25) is 0 Å². The first-order valence-corrected chi connectivity index (χ1v) is 5.41. The fourth-order valence-electron chi connectivity index (χ4n) is 1.44. The molecule has 0 fully saturated rings. The molecule has 0 amide bonds. The summed E-state index contributed by atoms with van der Waals surface area (Å²) in [6.45, 7) is 0.00215. The molecule has 0 unspecified atom stereocenters. The molecule has 0 atom stereocenters. The highest BCUT2D eigenvalue weighted by Crippen LogP contribution is 2.20. The average Bonchev–Trinajstić information content (AvgIpc) is 2.54. The zero-order valence-corrected chi connectivity index (χ0v) is 9.86. The maximum absolute atomic E-state index is 11.4. The molecule has 0 aliphatic rings. The zero-order chi connectivity index (χ0) is 11.7. The van der Waals surface area contributed by atoms with Crippen molar-refractivity contribution in [3.05, 3.63) is 44.7 Å². The molecule has 0 spiro atoms. The molecular weight excluding hydrogens is 274 g/mol. The summed E-state index contributed by atoms with van der Waals surface area (Å²) >= 11 is 3.31. The van der Waals surface area contributed by atoms with E-state index in [1.807, 2.05) is 6.07 Å². The van der Waals surface area contributed by atoms with Crippen molar-refractivity contribution in [1.82, 2.24) is 9.78 Å². The van der Waals surface area contributed by atoms with Crippen LogP contribution in [0.5, 0.6) is 5.88 Å². The molecule has 0 radical (unpaired) electrons. The SMILES string of the molecule is NCc1c(O)n(-c2cccc(Br)c2)[nH]c1=O. The van der Waals surface area contributed by atoms with Crippen LogP contribution in [-0.2, 0) is 6.54 Å². The topological polar surface area (TPSA) is 84.0 Å². The van der Waals surface area contributed by atoms with Gasteiger partial charge in [0.25, 0.3) is 5.56 Å². The summed E-state index contributed by atoms with van der Waals surface area (Å²) in [5.74, 6) is -0.148. The Morgan fingerprint density at radius 1 is 1.50 bits per heavy atom. The fourth-order valence-corrected chi connectivity index (χ4v) is 1.83. The van der Waals surface area contributed by atoms with Crippen molar-refractivity contribution < 1.29 is 5.11 Å². The lowest BCUT2D eigenvalue weighted by molar-refractivity contribution is 0.428. The monoisotopic (exact) mass is 283 g/mol. The summed E-state index contributed by atoms with van der Waals surface area (Å²) in [7, 11) is 0. The molecule has 0 saturated carbocycles. The van der Waals surface area contributed by atoms with Crippen LogP contribution in [-0.4, -0.2) is 14.9 Å². The van der Waals surface area contributed by atoms with Gasteiger partial charge in [0, 0.05) is 11.0 Å². The van der Waals surface area contributed by atoms with Gasteiger partial charge in [0.05, 0.1) is 11.3 Å². The molecule has 1 heterocycles. The molecule has 5 nitrogen and oxygen atoms in total. The molecule has 1 aromatic carbocycles. The standard InChI is InChI=1S/C10H10BrN3O2/c11-6-2-1-3-7(4-6)14-10(16)8(5-12)9(15)13-14/h1-4,16H,5,12H2,(H,13,15). The number of hydrogen-bond donors (Lipinski definition) is 3. The van der Waals surface area contributed by atoms with E-state index in [4.69, 9.17) is 5.73 Å². The van der Waals surface area contributed by atoms with Crippen LogP contribution in [0.3, 0.4) is 0 Å². The maximum atomic E-state index is 11.4. The second kappa shape index (κ2) is 4.15. The maximum Gasteiger partial charge on any atom is 0.272 e. The summed E-state index contributed by atoms with van der Waals surface area (Å²) in [6.07, 6.45) is 0. The van der Waals surface area contributed by atoms with Crippen LogP contribution in [0.4, 0.5) is 0 Å². The van der Waals surface area contributed by atoms with E-state index in [0.29, 0.717) is 5.69 Å². The highest BCUT2D eigenvalue weighted by molar-refractivity contribution is 9.10. The van der Waals surface area contributed by atoms with E-state index in [-0.39, 0.29) is 23.5 Å². The van der Waals surface area contributed by atoms with Crippen LogP contribution >= 0.6 is 15.9 Å². The Morgan fingerprint density at radius 2 is 2.25 bits per heavy atom. The van der Waals surface area contributed by atoms with Gasteiger partial charge in [-0.3, -0.25) is 9.89 Å². The van der Waals surface area contributed by atoms with E-state index in [9.17, 15) is 9.90 Å².